The molecule has 7 heteroatoms. The number of rotatable bonds is 6. The summed E-state index contributed by atoms with van der Waals surface area (Å²) in [5, 5.41) is 0. The van der Waals surface area contributed by atoms with Crippen LogP contribution in [0.1, 0.15) is 48.2 Å². The van der Waals surface area contributed by atoms with E-state index in [1.165, 1.54) is 18.9 Å². The zero-order valence-electron chi connectivity index (χ0n) is 17.3. The average molecular weight is 442 g/mol. The van der Waals surface area contributed by atoms with Crippen LogP contribution >= 0.6 is 24.0 Å². The molecule has 156 valence electrons. The predicted octanol–water partition coefficient (Wildman–Crippen LogP) is 5.26. The predicted molar refractivity (Wildman–Crippen MR) is 124 cm³/mol. The Balaban J connectivity index is 1.79. The van der Waals surface area contributed by atoms with Crippen LogP contribution in [0.15, 0.2) is 47.4 Å². The summed E-state index contributed by atoms with van der Waals surface area (Å²) in [5.74, 6) is 0.544. The van der Waals surface area contributed by atoms with E-state index in [4.69, 9.17) is 21.7 Å². The summed E-state index contributed by atoms with van der Waals surface area (Å²) in [6.45, 7) is 6.62. The summed E-state index contributed by atoms with van der Waals surface area (Å²) in [6, 6.07) is 12.5. The van der Waals surface area contributed by atoms with Gasteiger partial charge in [0.1, 0.15) is 4.32 Å². The minimum absolute atomic E-state index is 0.105. The van der Waals surface area contributed by atoms with Gasteiger partial charge in [0.25, 0.3) is 5.91 Å². The average Bonchev–Trinajstić information content (AvgIpc) is 3.01. The molecule has 30 heavy (non-hydrogen) atoms. The van der Waals surface area contributed by atoms with E-state index in [1.807, 2.05) is 19.1 Å². The largest absolute Gasteiger partial charge is 0.493 e. The quantitative estimate of drug-likeness (QED) is 0.264. The second-order valence-electron chi connectivity index (χ2n) is 7.00. The summed E-state index contributed by atoms with van der Waals surface area (Å²) in [6.07, 6.45) is 1.76. The van der Waals surface area contributed by atoms with Crippen molar-refractivity contribution in [2.24, 2.45) is 0 Å². The van der Waals surface area contributed by atoms with Crippen molar-refractivity contribution < 1.29 is 19.1 Å². The normalized spacial score (nSPS) is 15.2. The molecule has 1 aliphatic heterocycles. The Morgan fingerprint density at radius 3 is 2.43 bits per heavy atom. The van der Waals surface area contributed by atoms with Crippen LogP contribution in [-0.4, -0.2) is 34.8 Å². The standard InChI is InChI=1S/C23H23NO4S2/c1-5-24-21(25)20(30-23(24)29)13-15-6-11-18(19(12-15)27-4)28-22(26)17-9-7-16(8-10-17)14(2)3/h6-14H,5H2,1-4H3/b20-13-. The maximum atomic E-state index is 12.5. The van der Waals surface area contributed by atoms with E-state index >= 15 is 0 Å². The van der Waals surface area contributed by atoms with Gasteiger partial charge in [-0.3, -0.25) is 9.69 Å². The molecule has 2 aromatic carbocycles. The van der Waals surface area contributed by atoms with Gasteiger partial charge in [-0.15, -0.1) is 0 Å². The lowest BCUT2D eigenvalue weighted by Gasteiger charge is -2.11. The summed E-state index contributed by atoms with van der Waals surface area (Å²) in [4.78, 5) is 27.0. The van der Waals surface area contributed by atoms with Gasteiger partial charge in [0.15, 0.2) is 11.5 Å². The molecular weight excluding hydrogens is 418 g/mol. The van der Waals surface area contributed by atoms with Gasteiger partial charge in [-0.25, -0.2) is 4.79 Å². The van der Waals surface area contributed by atoms with Gasteiger partial charge >= 0.3 is 5.97 Å². The number of hydrogen-bond donors (Lipinski definition) is 0. The first-order valence-corrected chi connectivity index (χ1v) is 10.8. The first-order valence-electron chi connectivity index (χ1n) is 9.59. The van der Waals surface area contributed by atoms with Gasteiger partial charge in [-0.05, 0) is 54.3 Å². The molecule has 1 saturated heterocycles. The number of likely N-dealkylation sites (N-methyl/N-ethyl adjacent to an activating group) is 1. The highest BCUT2D eigenvalue weighted by molar-refractivity contribution is 8.26. The Labute approximate surface area is 186 Å². The zero-order valence-corrected chi connectivity index (χ0v) is 18.9. The van der Waals surface area contributed by atoms with Gasteiger partial charge < -0.3 is 9.47 Å². The molecule has 3 rings (SSSR count). The summed E-state index contributed by atoms with van der Waals surface area (Å²) in [7, 11) is 1.50. The first kappa shape index (κ1) is 22.1. The molecule has 1 aliphatic rings. The Bertz CT molecular complexity index is 1010. The number of nitrogens with zero attached hydrogens (tertiary/aromatic N) is 1. The number of hydrogen-bond acceptors (Lipinski definition) is 6. The molecule has 0 bridgehead atoms. The van der Waals surface area contributed by atoms with Crippen LogP contribution < -0.4 is 9.47 Å². The number of amides is 1. The molecule has 0 saturated carbocycles. The molecule has 1 fully saturated rings. The van der Waals surface area contributed by atoms with Crippen molar-refractivity contribution in [2.45, 2.75) is 26.7 Å². The van der Waals surface area contributed by atoms with Gasteiger partial charge in [-0.1, -0.05) is 56.0 Å². The van der Waals surface area contributed by atoms with E-state index in [1.54, 1.807) is 41.3 Å². The number of carbonyl (C=O) groups excluding carboxylic acids is 2. The van der Waals surface area contributed by atoms with Crippen molar-refractivity contribution in [3.05, 3.63) is 64.1 Å². The van der Waals surface area contributed by atoms with E-state index < -0.39 is 5.97 Å². The number of thioether (sulfide) groups is 1. The lowest BCUT2D eigenvalue weighted by molar-refractivity contribution is -0.121. The van der Waals surface area contributed by atoms with Crippen molar-refractivity contribution in [1.29, 1.82) is 0 Å². The summed E-state index contributed by atoms with van der Waals surface area (Å²) >= 11 is 6.51. The molecule has 0 radical (unpaired) electrons. The highest BCUT2D eigenvalue weighted by Crippen LogP contribution is 2.34. The fourth-order valence-corrected chi connectivity index (χ4v) is 4.33. The Kier molecular flexibility index (Phi) is 6.95. The molecule has 5 nitrogen and oxygen atoms in total. The molecule has 0 N–H and O–H groups in total. The topological polar surface area (TPSA) is 55.8 Å². The molecule has 1 heterocycles. The van der Waals surface area contributed by atoms with E-state index in [-0.39, 0.29) is 5.91 Å². The molecule has 0 aliphatic carbocycles. The van der Waals surface area contributed by atoms with Gasteiger partial charge in [0.05, 0.1) is 17.6 Å². The zero-order chi connectivity index (χ0) is 21.8. The second-order valence-corrected chi connectivity index (χ2v) is 8.68. The van der Waals surface area contributed by atoms with Crippen molar-refractivity contribution in [3.8, 4) is 11.5 Å². The van der Waals surface area contributed by atoms with Gasteiger partial charge in [0, 0.05) is 6.54 Å². The summed E-state index contributed by atoms with van der Waals surface area (Å²) < 4.78 is 11.5. The number of thiocarbonyl (C=S) groups is 1. The Hall–Kier alpha value is -2.64. The van der Waals surface area contributed by atoms with Crippen LogP contribution in [0.5, 0.6) is 11.5 Å². The molecule has 0 aromatic heterocycles. The lowest BCUT2D eigenvalue weighted by Crippen LogP contribution is -2.27. The molecule has 1 amide bonds. The highest BCUT2D eigenvalue weighted by atomic mass is 32.2. The number of methoxy groups -OCH3 is 1. The number of ether oxygens (including phenoxy) is 2. The molecular formula is C23H23NO4S2. The maximum Gasteiger partial charge on any atom is 0.343 e. The van der Waals surface area contributed by atoms with Crippen molar-refractivity contribution in [1.82, 2.24) is 4.90 Å². The monoisotopic (exact) mass is 441 g/mol. The molecule has 0 spiro atoms. The van der Waals surface area contributed by atoms with Crippen LogP contribution in [0.2, 0.25) is 0 Å². The minimum atomic E-state index is -0.458. The Morgan fingerprint density at radius 2 is 1.87 bits per heavy atom. The third-order valence-electron chi connectivity index (χ3n) is 4.69. The number of esters is 1. The third kappa shape index (κ3) is 4.74. The smallest absolute Gasteiger partial charge is 0.343 e. The Morgan fingerprint density at radius 1 is 1.17 bits per heavy atom. The summed E-state index contributed by atoms with van der Waals surface area (Å²) in [5.41, 5.74) is 2.38. The fourth-order valence-electron chi connectivity index (χ4n) is 2.95. The van der Waals surface area contributed by atoms with E-state index in [0.29, 0.717) is 38.8 Å². The van der Waals surface area contributed by atoms with Crippen LogP contribution in [0.4, 0.5) is 0 Å². The van der Waals surface area contributed by atoms with E-state index in [9.17, 15) is 9.59 Å². The first-order chi connectivity index (χ1) is 14.3. The minimum Gasteiger partial charge on any atom is -0.493 e. The molecule has 0 atom stereocenters. The van der Waals surface area contributed by atoms with Crippen LogP contribution in [-0.2, 0) is 4.79 Å². The van der Waals surface area contributed by atoms with Crippen molar-refractivity contribution >= 4 is 46.3 Å². The SMILES string of the molecule is CCN1C(=O)/C(=C/c2ccc(OC(=O)c3ccc(C(C)C)cc3)c(OC)c2)SC1=S. The number of benzene rings is 2. The second kappa shape index (κ2) is 9.45. The lowest BCUT2D eigenvalue weighted by atomic mass is 10.0. The molecule has 0 unspecified atom stereocenters. The van der Waals surface area contributed by atoms with E-state index in [0.717, 1.165) is 11.1 Å². The van der Waals surface area contributed by atoms with Crippen molar-refractivity contribution in [2.75, 3.05) is 13.7 Å². The van der Waals surface area contributed by atoms with Crippen LogP contribution in [0, 0.1) is 0 Å². The molecule has 2 aromatic rings. The highest BCUT2D eigenvalue weighted by Gasteiger charge is 2.30. The maximum absolute atomic E-state index is 12.5. The van der Waals surface area contributed by atoms with Gasteiger partial charge in [0.2, 0.25) is 0 Å². The third-order valence-corrected chi connectivity index (χ3v) is 6.07. The van der Waals surface area contributed by atoms with Crippen molar-refractivity contribution in [3.63, 3.8) is 0 Å². The fraction of sp³-hybridized carbons (Fsp3) is 0.261. The van der Waals surface area contributed by atoms with E-state index in [2.05, 4.69) is 13.8 Å². The van der Waals surface area contributed by atoms with Crippen LogP contribution in [0.3, 0.4) is 0 Å². The number of carbonyl (C=O) groups is 2. The van der Waals surface area contributed by atoms with Gasteiger partial charge in [-0.2, -0.15) is 0 Å². The van der Waals surface area contributed by atoms with Crippen LogP contribution in [0.25, 0.3) is 6.08 Å².